The van der Waals surface area contributed by atoms with E-state index < -0.39 is 6.10 Å². The van der Waals surface area contributed by atoms with Gasteiger partial charge in [0.2, 0.25) is 0 Å². The molecule has 0 aromatic carbocycles. The maximum absolute atomic E-state index is 12.9. The van der Waals surface area contributed by atoms with Crippen LogP contribution in [-0.4, -0.2) is 37.2 Å². The Morgan fingerprint density at radius 1 is 0.300 bits per heavy atom. The van der Waals surface area contributed by atoms with E-state index in [-0.39, 0.29) is 31.1 Å². The summed E-state index contributed by atoms with van der Waals surface area (Å²) in [6.07, 6.45) is 72.5. The van der Waals surface area contributed by atoms with Gasteiger partial charge in [0.25, 0.3) is 0 Å². The highest BCUT2D eigenvalue weighted by Gasteiger charge is 2.19. The fraction of sp³-hybridized carbons (Fsp3) is 0.828. The van der Waals surface area contributed by atoms with Gasteiger partial charge in [-0.2, -0.15) is 0 Å². The monoisotopic (exact) mass is 981 g/mol. The van der Waals surface area contributed by atoms with E-state index in [9.17, 15) is 14.4 Å². The third kappa shape index (κ3) is 56.3. The highest BCUT2D eigenvalue weighted by Crippen LogP contribution is 2.17. The van der Waals surface area contributed by atoms with Crippen molar-refractivity contribution in [1.82, 2.24) is 0 Å². The van der Waals surface area contributed by atoms with Crippen LogP contribution in [0.2, 0.25) is 0 Å². The Labute approximate surface area is 435 Å². The molecule has 0 aliphatic carbocycles. The molecule has 6 heteroatoms. The van der Waals surface area contributed by atoms with Crippen molar-refractivity contribution in [2.45, 2.75) is 329 Å². The topological polar surface area (TPSA) is 78.9 Å². The molecule has 70 heavy (non-hydrogen) atoms. The molecule has 0 saturated carbocycles. The van der Waals surface area contributed by atoms with Crippen molar-refractivity contribution in [2.24, 2.45) is 0 Å². The molecule has 6 nitrogen and oxygen atoms in total. The number of unbranched alkanes of at least 4 members (excludes halogenated alkanes) is 37. The average molecular weight is 982 g/mol. The molecule has 0 rings (SSSR count). The van der Waals surface area contributed by atoms with Crippen LogP contribution in [0.4, 0.5) is 0 Å². The van der Waals surface area contributed by atoms with Gasteiger partial charge in [0.05, 0.1) is 0 Å². The fourth-order valence-corrected chi connectivity index (χ4v) is 9.02. The highest BCUT2D eigenvalue weighted by molar-refractivity contribution is 5.71. The Balaban J connectivity index is 4.35. The van der Waals surface area contributed by atoms with Crippen molar-refractivity contribution in [2.75, 3.05) is 13.2 Å². The molecule has 0 aromatic heterocycles. The summed E-state index contributed by atoms with van der Waals surface area (Å²) in [7, 11) is 0. The molecule has 0 fully saturated rings. The molecule has 0 aliphatic heterocycles. The largest absolute Gasteiger partial charge is 0.462 e. The van der Waals surface area contributed by atoms with Crippen LogP contribution in [0.1, 0.15) is 323 Å². The molecule has 408 valence electrons. The van der Waals surface area contributed by atoms with Gasteiger partial charge in [-0.1, -0.05) is 294 Å². The lowest BCUT2D eigenvalue weighted by molar-refractivity contribution is -0.167. The lowest BCUT2D eigenvalue weighted by Gasteiger charge is -2.18. The molecule has 0 spiro atoms. The SMILES string of the molecule is CC/C=C\C/C=C\C/C=C\C/C=C\CCCCCCCCC(=O)OCC(COC(=O)CCCCCCCCCCCCCCCCC)OC(=O)CCCCCCCCCCCCCCCCCCCC. The van der Waals surface area contributed by atoms with Gasteiger partial charge in [-0.3, -0.25) is 14.4 Å². The minimum absolute atomic E-state index is 0.0728. The number of rotatable bonds is 56. The first-order valence-corrected chi connectivity index (χ1v) is 30.6. The second kappa shape index (κ2) is 58.9. The number of carbonyl (C=O) groups excluding carboxylic acids is 3. The van der Waals surface area contributed by atoms with Crippen LogP contribution < -0.4 is 0 Å². The second-order valence-electron chi connectivity index (χ2n) is 20.6. The number of allylic oxidation sites excluding steroid dienone is 8. The van der Waals surface area contributed by atoms with Gasteiger partial charge in [-0.25, -0.2) is 0 Å². The molecule has 0 heterocycles. The first-order chi connectivity index (χ1) is 34.5. The molecule has 0 bridgehead atoms. The molecule has 0 amide bonds. The van der Waals surface area contributed by atoms with Gasteiger partial charge in [0, 0.05) is 19.3 Å². The molecule has 0 aromatic rings. The Morgan fingerprint density at radius 3 is 0.871 bits per heavy atom. The van der Waals surface area contributed by atoms with Crippen LogP contribution in [-0.2, 0) is 28.6 Å². The van der Waals surface area contributed by atoms with E-state index in [1.165, 1.54) is 193 Å². The predicted molar refractivity (Wildman–Crippen MR) is 302 cm³/mol. The average Bonchev–Trinajstić information content (AvgIpc) is 3.36. The molecule has 1 atom stereocenters. The van der Waals surface area contributed by atoms with Crippen LogP contribution in [0.5, 0.6) is 0 Å². The normalized spacial score (nSPS) is 12.3. The minimum Gasteiger partial charge on any atom is -0.462 e. The maximum Gasteiger partial charge on any atom is 0.306 e. The van der Waals surface area contributed by atoms with E-state index in [1.54, 1.807) is 0 Å². The molecule has 1 unspecified atom stereocenters. The lowest BCUT2D eigenvalue weighted by Crippen LogP contribution is -2.30. The van der Waals surface area contributed by atoms with E-state index in [0.29, 0.717) is 19.3 Å². The van der Waals surface area contributed by atoms with Crippen molar-refractivity contribution in [3.63, 3.8) is 0 Å². The van der Waals surface area contributed by atoms with Crippen LogP contribution in [0.15, 0.2) is 48.6 Å². The van der Waals surface area contributed by atoms with Crippen molar-refractivity contribution in [3.8, 4) is 0 Å². The van der Waals surface area contributed by atoms with Crippen molar-refractivity contribution >= 4 is 17.9 Å². The summed E-state index contributed by atoms with van der Waals surface area (Å²) in [5.41, 5.74) is 0. The summed E-state index contributed by atoms with van der Waals surface area (Å²) in [6, 6.07) is 0. The van der Waals surface area contributed by atoms with Crippen LogP contribution in [0.25, 0.3) is 0 Å². The van der Waals surface area contributed by atoms with E-state index in [2.05, 4.69) is 69.4 Å². The molecule has 0 N–H and O–H groups in total. The number of esters is 3. The quantitative estimate of drug-likeness (QED) is 0.0261. The first-order valence-electron chi connectivity index (χ1n) is 30.6. The van der Waals surface area contributed by atoms with E-state index in [0.717, 1.165) is 89.9 Å². The zero-order valence-electron chi connectivity index (χ0n) is 46.8. The molecule has 0 radical (unpaired) electrons. The third-order valence-corrected chi connectivity index (χ3v) is 13.6. The summed E-state index contributed by atoms with van der Waals surface area (Å²) in [5.74, 6) is -0.866. The molecular formula is C64H116O6. The van der Waals surface area contributed by atoms with Crippen molar-refractivity contribution < 1.29 is 28.6 Å². The standard InChI is InChI=1S/C64H116O6/c1-4-7-10-13-16-19-22-25-28-30-32-34-36-39-42-45-48-51-54-57-63(66)69-60-61(59-68-62(65)56-53-50-47-44-41-38-35-27-24-21-18-15-12-9-6-3)70-64(67)58-55-52-49-46-43-40-37-33-31-29-26-23-20-17-14-11-8-5-2/h7,10,16,19,25,28,32,34,61H,4-6,8-9,11-15,17-18,20-24,26-27,29-31,33,35-60H2,1-3H3/b10-7-,19-16-,28-25-,34-32-. The lowest BCUT2D eigenvalue weighted by atomic mass is 10.0. The van der Waals surface area contributed by atoms with Gasteiger partial charge in [-0.05, 0) is 57.8 Å². The van der Waals surface area contributed by atoms with Gasteiger partial charge in [0.15, 0.2) is 6.10 Å². The van der Waals surface area contributed by atoms with Gasteiger partial charge < -0.3 is 14.2 Å². The zero-order chi connectivity index (χ0) is 50.7. The molecule has 0 saturated heterocycles. The van der Waals surface area contributed by atoms with E-state index in [4.69, 9.17) is 14.2 Å². The number of hydrogen-bond donors (Lipinski definition) is 0. The summed E-state index contributed by atoms with van der Waals surface area (Å²) >= 11 is 0. The Kier molecular flexibility index (Phi) is 56.7. The summed E-state index contributed by atoms with van der Waals surface area (Å²) in [4.78, 5) is 38.3. The zero-order valence-corrected chi connectivity index (χ0v) is 46.8. The first kappa shape index (κ1) is 67.4. The van der Waals surface area contributed by atoms with E-state index in [1.807, 2.05) is 0 Å². The van der Waals surface area contributed by atoms with Gasteiger partial charge >= 0.3 is 17.9 Å². The summed E-state index contributed by atoms with van der Waals surface area (Å²) < 4.78 is 16.9. The Bertz CT molecular complexity index is 1220. The summed E-state index contributed by atoms with van der Waals surface area (Å²) in [5, 5.41) is 0. The number of hydrogen-bond acceptors (Lipinski definition) is 6. The predicted octanol–water partition coefficient (Wildman–Crippen LogP) is 20.6. The molecular weight excluding hydrogens is 865 g/mol. The van der Waals surface area contributed by atoms with Crippen molar-refractivity contribution in [1.29, 1.82) is 0 Å². The Morgan fingerprint density at radius 2 is 0.557 bits per heavy atom. The molecule has 0 aliphatic rings. The third-order valence-electron chi connectivity index (χ3n) is 13.6. The van der Waals surface area contributed by atoms with Crippen LogP contribution >= 0.6 is 0 Å². The number of ether oxygens (including phenoxy) is 3. The maximum atomic E-state index is 12.9. The van der Waals surface area contributed by atoms with Crippen molar-refractivity contribution in [3.05, 3.63) is 48.6 Å². The minimum atomic E-state index is -0.776. The number of carbonyl (C=O) groups is 3. The van der Waals surface area contributed by atoms with Crippen LogP contribution in [0.3, 0.4) is 0 Å². The Hall–Kier alpha value is -2.63. The summed E-state index contributed by atoms with van der Waals surface area (Å²) in [6.45, 7) is 6.57. The van der Waals surface area contributed by atoms with E-state index >= 15 is 0 Å². The van der Waals surface area contributed by atoms with Crippen LogP contribution in [0, 0.1) is 0 Å². The van der Waals surface area contributed by atoms with Gasteiger partial charge in [-0.15, -0.1) is 0 Å². The highest BCUT2D eigenvalue weighted by atomic mass is 16.6. The smallest absolute Gasteiger partial charge is 0.306 e. The second-order valence-corrected chi connectivity index (χ2v) is 20.6. The van der Waals surface area contributed by atoms with Gasteiger partial charge in [0.1, 0.15) is 13.2 Å². The fourth-order valence-electron chi connectivity index (χ4n) is 9.02.